The van der Waals surface area contributed by atoms with E-state index in [0.29, 0.717) is 5.92 Å². The SMILES string of the molecule is CCN(C)CCNC(=O)C1CCC(N)C(C)C1(C)C. The number of likely N-dealkylation sites (N-methyl/N-ethyl adjacent to an activating group) is 1. The monoisotopic (exact) mass is 269 g/mol. The molecular weight excluding hydrogens is 238 g/mol. The zero-order valence-electron chi connectivity index (χ0n) is 13.2. The number of hydrogen-bond donors (Lipinski definition) is 2. The molecule has 1 aliphatic rings. The van der Waals surface area contributed by atoms with E-state index >= 15 is 0 Å². The zero-order valence-corrected chi connectivity index (χ0v) is 13.2. The highest BCUT2D eigenvalue weighted by Gasteiger charge is 2.44. The maximum absolute atomic E-state index is 12.4. The Balaban J connectivity index is 2.52. The third-order valence-electron chi connectivity index (χ3n) is 5.15. The number of amides is 1. The summed E-state index contributed by atoms with van der Waals surface area (Å²) in [5.74, 6) is 0.679. The standard InChI is InChI=1S/C15H31N3O/c1-6-18(5)10-9-17-14(19)12-7-8-13(16)11(2)15(12,3)4/h11-13H,6-10,16H2,1-5H3,(H,17,19). The molecule has 4 heteroatoms. The van der Waals surface area contributed by atoms with Gasteiger partial charge in [0.25, 0.3) is 0 Å². The van der Waals surface area contributed by atoms with Gasteiger partial charge in [0.15, 0.2) is 0 Å². The van der Waals surface area contributed by atoms with Crippen LogP contribution in [0.4, 0.5) is 0 Å². The summed E-state index contributed by atoms with van der Waals surface area (Å²) >= 11 is 0. The van der Waals surface area contributed by atoms with E-state index in [-0.39, 0.29) is 23.3 Å². The molecule has 0 aromatic heterocycles. The molecule has 0 spiro atoms. The summed E-state index contributed by atoms with van der Waals surface area (Å²) in [6.07, 6.45) is 1.87. The summed E-state index contributed by atoms with van der Waals surface area (Å²) in [7, 11) is 2.07. The number of carbonyl (C=O) groups is 1. The summed E-state index contributed by atoms with van der Waals surface area (Å²) in [4.78, 5) is 14.6. The number of carbonyl (C=O) groups excluding carboxylic acids is 1. The first-order valence-electron chi connectivity index (χ1n) is 7.52. The lowest BCUT2D eigenvalue weighted by atomic mass is 9.61. The second-order valence-electron chi connectivity index (χ2n) is 6.59. The lowest BCUT2D eigenvalue weighted by Crippen LogP contribution is -2.52. The Hall–Kier alpha value is -0.610. The number of nitrogens with two attached hydrogens (primary N) is 1. The van der Waals surface area contributed by atoms with Gasteiger partial charge < -0.3 is 16.0 Å². The predicted molar refractivity (Wildman–Crippen MR) is 79.8 cm³/mol. The van der Waals surface area contributed by atoms with Crippen LogP contribution in [0.15, 0.2) is 0 Å². The highest BCUT2D eigenvalue weighted by molar-refractivity contribution is 5.79. The van der Waals surface area contributed by atoms with Gasteiger partial charge in [0.1, 0.15) is 0 Å². The van der Waals surface area contributed by atoms with Crippen molar-refractivity contribution >= 4 is 5.91 Å². The number of hydrogen-bond acceptors (Lipinski definition) is 3. The van der Waals surface area contributed by atoms with Crippen molar-refractivity contribution in [1.82, 2.24) is 10.2 Å². The first-order valence-corrected chi connectivity index (χ1v) is 7.52. The first-order chi connectivity index (χ1) is 8.80. The number of rotatable bonds is 5. The van der Waals surface area contributed by atoms with Crippen molar-refractivity contribution in [1.29, 1.82) is 0 Å². The molecule has 3 N–H and O–H groups in total. The van der Waals surface area contributed by atoms with Gasteiger partial charge in [-0.15, -0.1) is 0 Å². The van der Waals surface area contributed by atoms with Crippen LogP contribution in [-0.2, 0) is 4.79 Å². The molecule has 0 heterocycles. The lowest BCUT2D eigenvalue weighted by Gasteiger charge is -2.46. The molecule has 112 valence electrons. The van der Waals surface area contributed by atoms with E-state index < -0.39 is 0 Å². The Morgan fingerprint density at radius 2 is 2.05 bits per heavy atom. The molecule has 0 aliphatic heterocycles. The molecule has 4 nitrogen and oxygen atoms in total. The molecule has 1 rings (SSSR count). The van der Waals surface area contributed by atoms with Crippen LogP contribution in [0.3, 0.4) is 0 Å². The van der Waals surface area contributed by atoms with E-state index in [9.17, 15) is 4.79 Å². The van der Waals surface area contributed by atoms with Crippen molar-refractivity contribution in [3.8, 4) is 0 Å². The van der Waals surface area contributed by atoms with Crippen molar-refractivity contribution in [2.24, 2.45) is 23.0 Å². The van der Waals surface area contributed by atoms with Crippen molar-refractivity contribution in [2.75, 3.05) is 26.7 Å². The zero-order chi connectivity index (χ0) is 14.6. The normalized spacial score (nSPS) is 30.4. The van der Waals surface area contributed by atoms with E-state index in [0.717, 1.165) is 32.5 Å². The molecule has 3 atom stereocenters. The predicted octanol–water partition coefficient (Wildman–Crippen LogP) is 1.45. The quantitative estimate of drug-likeness (QED) is 0.794. The van der Waals surface area contributed by atoms with Crippen molar-refractivity contribution in [2.45, 2.75) is 46.6 Å². The van der Waals surface area contributed by atoms with Gasteiger partial charge in [0.2, 0.25) is 5.91 Å². The third-order valence-corrected chi connectivity index (χ3v) is 5.15. The van der Waals surface area contributed by atoms with Crippen LogP contribution in [0.5, 0.6) is 0 Å². The average molecular weight is 269 g/mol. The molecular formula is C15H31N3O. The third kappa shape index (κ3) is 3.93. The van der Waals surface area contributed by atoms with Crippen LogP contribution in [-0.4, -0.2) is 43.5 Å². The summed E-state index contributed by atoms with van der Waals surface area (Å²) in [6.45, 7) is 11.3. The van der Waals surface area contributed by atoms with Gasteiger partial charge in [-0.05, 0) is 37.8 Å². The molecule has 0 aromatic rings. The molecule has 1 fully saturated rings. The molecule has 19 heavy (non-hydrogen) atoms. The van der Waals surface area contributed by atoms with Gasteiger partial charge in [0.05, 0.1) is 0 Å². The Bertz CT molecular complexity index is 304. The van der Waals surface area contributed by atoms with Gasteiger partial charge in [-0.3, -0.25) is 4.79 Å². The van der Waals surface area contributed by atoms with Gasteiger partial charge >= 0.3 is 0 Å². The minimum Gasteiger partial charge on any atom is -0.355 e. The lowest BCUT2D eigenvalue weighted by molar-refractivity contribution is -0.132. The highest BCUT2D eigenvalue weighted by Crippen LogP contribution is 2.44. The molecule has 0 aromatic carbocycles. The Labute approximate surface area is 118 Å². The summed E-state index contributed by atoms with van der Waals surface area (Å²) in [6, 6.07) is 0.227. The Kier molecular flexibility index (Phi) is 5.81. The van der Waals surface area contributed by atoms with Gasteiger partial charge in [-0.1, -0.05) is 27.7 Å². The molecule has 0 bridgehead atoms. The van der Waals surface area contributed by atoms with Crippen molar-refractivity contribution < 1.29 is 4.79 Å². The molecule has 1 saturated carbocycles. The number of nitrogens with zero attached hydrogens (tertiary/aromatic N) is 1. The smallest absolute Gasteiger partial charge is 0.223 e. The topological polar surface area (TPSA) is 58.4 Å². The fraction of sp³-hybridized carbons (Fsp3) is 0.933. The van der Waals surface area contributed by atoms with E-state index in [1.807, 2.05) is 0 Å². The first kappa shape index (κ1) is 16.4. The van der Waals surface area contributed by atoms with E-state index in [1.165, 1.54) is 0 Å². The summed E-state index contributed by atoms with van der Waals surface area (Å²) < 4.78 is 0. The Morgan fingerprint density at radius 1 is 1.42 bits per heavy atom. The van der Waals surface area contributed by atoms with Crippen LogP contribution >= 0.6 is 0 Å². The van der Waals surface area contributed by atoms with Crippen LogP contribution in [0.1, 0.15) is 40.5 Å². The van der Waals surface area contributed by atoms with E-state index in [2.05, 4.69) is 45.0 Å². The van der Waals surface area contributed by atoms with Crippen LogP contribution in [0.25, 0.3) is 0 Å². The van der Waals surface area contributed by atoms with E-state index in [4.69, 9.17) is 5.73 Å². The highest BCUT2D eigenvalue weighted by atomic mass is 16.1. The average Bonchev–Trinajstić information content (AvgIpc) is 2.35. The van der Waals surface area contributed by atoms with Gasteiger partial charge in [0, 0.05) is 25.0 Å². The number of nitrogens with one attached hydrogen (secondary N) is 1. The van der Waals surface area contributed by atoms with Crippen LogP contribution in [0, 0.1) is 17.3 Å². The Morgan fingerprint density at radius 3 is 2.63 bits per heavy atom. The van der Waals surface area contributed by atoms with Crippen molar-refractivity contribution in [3.05, 3.63) is 0 Å². The fourth-order valence-corrected chi connectivity index (χ4v) is 2.97. The molecule has 3 unspecified atom stereocenters. The summed E-state index contributed by atoms with van der Waals surface area (Å²) in [5, 5.41) is 3.09. The minimum atomic E-state index is -0.0155. The van der Waals surface area contributed by atoms with E-state index in [1.54, 1.807) is 0 Å². The molecule has 1 aliphatic carbocycles. The van der Waals surface area contributed by atoms with Gasteiger partial charge in [-0.25, -0.2) is 0 Å². The van der Waals surface area contributed by atoms with Crippen LogP contribution in [0.2, 0.25) is 0 Å². The minimum absolute atomic E-state index is 0.0155. The summed E-state index contributed by atoms with van der Waals surface area (Å²) in [5.41, 5.74) is 6.12. The van der Waals surface area contributed by atoms with Crippen LogP contribution < -0.4 is 11.1 Å². The molecule has 0 saturated heterocycles. The second-order valence-corrected chi connectivity index (χ2v) is 6.59. The fourth-order valence-electron chi connectivity index (χ4n) is 2.97. The molecule has 1 amide bonds. The van der Waals surface area contributed by atoms with Gasteiger partial charge in [-0.2, -0.15) is 0 Å². The maximum Gasteiger partial charge on any atom is 0.223 e. The maximum atomic E-state index is 12.4. The molecule has 0 radical (unpaired) electrons. The van der Waals surface area contributed by atoms with Crippen molar-refractivity contribution in [3.63, 3.8) is 0 Å². The largest absolute Gasteiger partial charge is 0.355 e. The second kappa shape index (κ2) is 6.71.